The summed E-state index contributed by atoms with van der Waals surface area (Å²) in [6.45, 7) is 5.58. The lowest BCUT2D eigenvalue weighted by Gasteiger charge is -2.29. The van der Waals surface area contributed by atoms with Gasteiger partial charge in [0.2, 0.25) is 0 Å². The average molecular weight is 221 g/mol. The second kappa shape index (κ2) is 5.26. The lowest BCUT2D eigenvalue weighted by molar-refractivity contribution is 0.140. The van der Waals surface area contributed by atoms with E-state index in [0.717, 1.165) is 19.4 Å². The first-order chi connectivity index (χ1) is 6.61. The Morgan fingerprint density at radius 1 is 1.57 bits per heavy atom. The third-order valence-electron chi connectivity index (χ3n) is 2.54. The monoisotopic (exact) mass is 221 g/mol. The standard InChI is InChI=1S/C9H20NO3P/c1-4-13-14(3,11)10-7-5-6-9(10)8-12-2/h9H,4-8H2,1-3H3. The van der Waals surface area contributed by atoms with Gasteiger partial charge in [-0.25, -0.2) is 4.67 Å². The fourth-order valence-electron chi connectivity index (χ4n) is 1.97. The van der Waals surface area contributed by atoms with Crippen molar-refractivity contribution in [2.24, 2.45) is 0 Å². The molecule has 0 spiro atoms. The zero-order valence-electron chi connectivity index (χ0n) is 9.23. The number of methoxy groups -OCH3 is 1. The highest BCUT2D eigenvalue weighted by Gasteiger charge is 2.35. The molecule has 5 heteroatoms. The van der Waals surface area contributed by atoms with Crippen LogP contribution in [0.15, 0.2) is 0 Å². The molecule has 1 fully saturated rings. The predicted octanol–water partition coefficient (Wildman–Crippen LogP) is 1.96. The third-order valence-corrected chi connectivity index (χ3v) is 4.74. The fraction of sp³-hybridized carbons (Fsp3) is 1.00. The Labute approximate surface area is 86.1 Å². The summed E-state index contributed by atoms with van der Waals surface area (Å²) < 4.78 is 24.5. The molecule has 0 radical (unpaired) electrons. The Bertz CT molecular complexity index is 222. The highest BCUT2D eigenvalue weighted by molar-refractivity contribution is 7.55. The van der Waals surface area contributed by atoms with Crippen LogP contribution in [0.2, 0.25) is 0 Å². The minimum absolute atomic E-state index is 0.266. The molecule has 14 heavy (non-hydrogen) atoms. The molecule has 0 aromatic rings. The van der Waals surface area contributed by atoms with E-state index in [1.165, 1.54) is 0 Å². The van der Waals surface area contributed by atoms with Crippen molar-refractivity contribution in [2.75, 3.05) is 33.5 Å². The van der Waals surface area contributed by atoms with Crippen LogP contribution >= 0.6 is 7.52 Å². The van der Waals surface area contributed by atoms with Gasteiger partial charge in [0.1, 0.15) is 0 Å². The molecule has 1 aliphatic heterocycles. The molecule has 2 atom stereocenters. The molecule has 1 heterocycles. The Hall–Kier alpha value is 0.110. The Morgan fingerprint density at radius 2 is 2.29 bits per heavy atom. The smallest absolute Gasteiger partial charge is 0.269 e. The summed E-state index contributed by atoms with van der Waals surface area (Å²) in [6, 6.07) is 0.266. The van der Waals surface area contributed by atoms with E-state index in [-0.39, 0.29) is 6.04 Å². The van der Waals surface area contributed by atoms with Gasteiger partial charge in [-0.2, -0.15) is 0 Å². The largest absolute Gasteiger partial charge is 0.383 e. The van der Waals surface area contributed by atoms with E-state index in [1.54, 1.807) is 13.8 Å². The van der Waals surface area contributed by atoms with Crippen molar-refractivity contribution in [1.82, 2.24) is 4.67 Å². The number of hydrogen-bond donors (Lipinski definition) is 0. The van der Waals surface area contributed by atoms with Gasteiger partial charge in [-0.3, -0.25) is 4.57 Å². The molecule has 2 unspecified atom stereocenters. The van der Waals surface area contributed by atoms with Crippen LogP contribution in [-0.4, -0.2) is 44.2 Å². The predicted molar refractivity (Wildman–Crippen MR) is 56.8 cm³/mol. The van der Waals surface area contributed by atoms with Gasteiger partial charge in [-0.1, -0.05) is 0 Å². The van der Waals surface area contributed by atoms with E-state index in [4.69, 9.17) is 9.26 Å². The first-order valence-corrected chi connectivity index (χ1v) is 7.12. The summed E-state index contributed by atoms with van der Waals surface area (Å²) in [7, 11) is -0.894. The van der Waals surface area contributed by atoms with Crippen LogP contribution in [0.3, 0.4) is 0 Å². The molecule has 1 aliphatic rings. The molecule has 0 saturated carbocycles. The van der Waals surface area contributed by atoms with E-state index in [0.29, 0.717) is 13.2 Å². The van der Waals surface area contributed by atoms with Gasteiger partial charge in [0.15, 0.2) is 0 Å². The summed E-state index contributed by atoms with van der Waals surface area (Å²) in [4.78, 5) is 0. The highest BCUT2D eigenvalue weighted by atomic mass is 31.2. The first-order valence-electron chi connectivity index (χ1n) is 5.10. The van der Waals surface area contributed by atoms with Crippen LogP contribution in [0.25, 0.3) is 0 Å². The summed E-state index contributed by atoms with van der Waals surface area (Å²) in [5, 5.41) is 0. The van der Waals surface area contributed by atoms with E-state index >= 15 is 0 Å². The maximum absolute atomic E-state index is 12.1. The van der Waals surface area contributed by atoms with Crippen molar-refractivity contribution in [2.45, 2.75) is 25.8 Å². The molecule has 1 rings (SSSR count). The molecule has 0 aromatic carbocycles. The van der Waals surface area contributed by atoms with Gasteiger partial charge in [0, 0.05) is 26.4 Å². The third kappa shape index (κ3) is 2.80. The topological polar surface area (TPSA) is 38.8 Å². The second-order valence-corrected chi connectivity index (χ2v) is 6.01. The summed E-state index contributed by atoms with van der Waals surface area (Å²) in [5.41, 5.74) is 0. The minimum atomic E-state index is -2.57. The van der Waals surface area contributed by atoms with Gasteiger partial charge in [0.25, 0.3) is 7.52 Å². The van der Waals surface area contributed by atoms with Gasteiger partial charge < -0.3 is 9.26 Å². The number of hydrogen-bond acceptors (Lipinski definition) is 3. The SMILES string of the molecule is CCOP(C)(=O)N1CCCC1COC. The quantitative estimate of drug-likeness (QED) is 0.665. The molecule has 0 aliphatic carbocycles. The van der Waals surface area contributed by atoms with E-state index in [2.05, 4.69) is 0 Å². The zero-order valence-corrected chi connectivity index (χ0v) is 10.1. The highest BCUT2D eigenvalue weighted by Crippen LogP contribution is 2.50. The van der Waals surface area contributed by atoms with Crippen LogP contribution in [0, 0.1) is 0 Å². The fourth-order valence-corrected chi connectivity index (χ4v) is 3.88. The van der Waals surface area contributed by atoms with Crippen molar-refractivity contribution in [1.29, 1.82) is 0 Å². The lowest BCUT2D eigenvalue weighted by atomic mass is 10.2. The van der Waals surface area contributed by atoms with Gasteiger partial charge in [-0.05, 0) is 19.8 Å². The molecular weight excluding hydrogens is 201 g/mol. The molecule has 84 valence electrons. The van der Waals surface area contributed by atoms with Crippen molar-refractivity contribution in [3.05, 3.63) is 0 Å². The zero-order chi connectivity index (χ0) is 10.6. The average Bonchev–Trinajstić information content (AvgIpc) is 2.53. The van der Waals surface area contributed by atoms with Gasteiger partial charge in [-0.15, -0.1) is 0 Å². The molecule has 1 saturated heterocycles. The van der Waals surface area contributed by atoms with E-state index < -0.39 is 7.52 Å². The minimum Gasteiger partial charge on any atom is -0.383 e. The summed E-state index contributed by atoms with van der Waals surface area (Å²) >= 11 is 0. The van der Waals surface area contributed by atoms with Crippen molar-refractivity contribution >= 4 is 7.52 Å². The molecule has 0 amide bonds. The van der Waals surface area contributed by atoms with Crippen LogP contribution in [0.5, 0.6) is 0 Å². The van der Waals surface area contributed by atoms with E-state index in [9.17, 15) is 4.57 Å². The molecule has 0 aromatic heterocycles. The molecule has 4 nitrogen and oxygen atoms in total. The number of ether oxygens (including phenoxy) is 1. The summed E-state index contributed by atoms with van der Waals surface area (Å²) in [6.07, 6.45) is 2.14. The molecule has 0 bridgehead atoms. The number of nitrogens with zero attached hydrogens (tertiary/aromatic N) is 1. The number of rotatable bonds is 5. The van der Waals surface area contributed by atoms with Crippen LogP contribution in [0.4, 0.5) is 0 Å². The van der Waals surface area contributed by atoms with E-state index in [1.807, 2.05) is 11.6 Å². The Morgan fingerprint density at radius 3 is 2.86 bits per heavy atom. The van der Waals surface area contributed by atoms with Crippen molar-refractivity contribution in [3.63, 3.8) is 0 Å². The molecular formula is C9H20NO3P. The molecule has 0 N–H and O–H groups in total. The van der Waals surface area contributed by atoms with Crippen LogP contribution < -0.4 is 0 Å². The van der Waals surface area contributed by atoms with Crippen LogP contribution in [-0.2, 0) is 13.8 Å². The first kappa shape index (κ1) is 12.2. The van der Waals surface area contributed by atoms with Gasteiger partial charge >= 0.3 is 0 Å². The van der Waals surface area contributed by atoms with Gasteiger partial charge in [0.05, 0.1) is 13.2 Å². The Kier molecular flexibility index (Phi) is 4.58. The van der Waals surface area contributed by atoms with Crippen molar-refractivity contribution in [3.8, 4) is 0 Å². The van der Waals surface area contributed by atoms with Crippen LogP contribution in [0.1, 0.15) is 19.8 Å². The maximum atomic E-state index is 12.1. The maximum Gasteiger partial charge on any atom is 0.269 e. The Balaban J connectivity index is 2.60. The normalized spacial score (nSPS) is 27.8. The second-order valence-electron chi connectivity index (χ2n) is 3.64. The summed E-state index contributed by atoms with van der Waals surface area (Å²) in [5.74, 6) is 0. The van der Waals surface area contributed by atoms with Crippen molar-refractivity contribution < 1.29 is 13.8 Å². The lowest BCUT2D eigenvalue weighted by Crippen LogP contribution is -2.30.